The van der Waals surface area contributed by atoms with Crippen LogP contribution in [0.15, 0.2) is 48.5 Å². The van der Waals surface area contributed by atoms with Gasteiger partial charge in [-0.25, -0.2) is 0 Å². The van der Waals surface area contributed by atoms with Gasteiger partial charge in [-0.1, -0.05) is 24.3 Å². The standard InChI is InChI=1S/C22H25NO4/c1-15-5-3-4-6-19(15)20(22(25)26)23-13-11-17(12-14-23)21(24)16-7-9-18(27-2)10-8-16/h3-10,17,20H,11-14H2,1-2H3,(H,25,26). The summed E-state index contributed by atoms with van der Waals surface area (Å²) in [4.78, 5) is 26.7. The van der Waals surface area contributed by atoms with E-state index < -0.39 is 12.0 Å². The lowest BCUT2D eigenvalue weighted by Crippen LogP contribution is -2.41. The molecule has 0 aromatic heterocycles. The first-order valence-electron chi connectivity index (χ1n) is 9.22. The van der Waals surface area contributed by atoms with Crippen molar-refractivity contribution in [3.63, 3.8) is 0 Å². The number of likely N-dealkylation sites (tertiary alicyclic amines) is 1. The molecule has 2 aromatic rings. The number of rotatable bonds is 6. The quantitative estimate of drug-likeness (QED) is 0.788. The van der Waals surface area contributed by atoms with Gasteiger partial charge < -0.3 is 9.84 Å². The molecule has 1 N–H and O–H groups in total. The number of nitrogens with zero attached hydrogens (tertiary/aromatic N) is 1. The van der Waals surface area contributed by atoms with E-state index in [0.717, 1.165) is 16.9 Å². The van der Waals surface area contributed by atoms with Crippen molar-refractivity contribution >= 4 is 11.8 Å². The Morgan fingerprint density at radius 2 is 1.70 bits per heavy atom. The molecule has 1 aliphatic rings. The molecule has 5 heteroatoms. The van der Waals surface area contributed by atoms with E-state index in [1.54, 1.807) is 31.4 Å². The number of aliphatic carboxylic acids is 1. The number of ether oxygens (including phenoxy) is 1. The molecule has 142 valence electrons. The molecular weight excluding hydrogens is 342 g/mol. The minimum atomic E-state index is -0.843. The molecule has 0 radical (unpaired) electrons. The van der Waals surface area contributed by atoms with E-state index in [-0.39, 0.29) is 11.7 Å². The first-order chi connectivity index (χ1) is 13.0. The first kappa shape index (κ1) is 19.1. The summed E-state index contributed by atoms with van der Waals surface area (Å²) >= 11 is 0. The molecule has 2 aromatic carbocycles. The monoisotopic (exact) mass is 367 g/mol. The van der Waals surface area contributed by atoms with Crippen molar-refractivity contribution in [3.05, 3.63) is 65.2 Å². The average molecular weight is 367 g/mol. The summed E-state index contributed by atoms with van der Waals surface area (Å²) in [5.41, 5.74) is 2.48. The highest BCUT2D eigenvalue weighted by molar-refractivity contribution is 5.98. The highest BCUT2D eigenvalue weighted by Gasteiger charge is 2.33. The maximum atomic E-state index is 12.8. The first-order valence-corrected chi connectivity index (χ1v) is 9.22. The summed E-state index contributed by atoms with van der Waals surface area (Å²) in [6.45, 7) is 3.13. The summed E-state index contributed by atoms with van der Waals surface area (Å²) in [5.74, 6) is -0.0610. The summed E-state index contributed by atoms with van der Waals surface area (Å²) in [6.07, 6.45) is 1.33. The van der Waals surface area contributed by atoms with Crippen LogP contribution >= 0.6 is 0 Å². The Kier molecular flexibility index (Phi) is 5.91. The van der Waals surface area contributed by atoms with Crippen molar-refractivity contribution < 1.29 is 19.4 Å². The summed E-state index contributed by atoms with van der Waals surface area (Å²) < 4.78 is 5.14. The molecule has 1 unspecified atom stereocenters. The number of carboxylic acids is 1. The Labute approximate surface area is 159 Å². The number of carbonyl (C=O) groups excluding carboxylic acids is 1. The number of hydrogen-bond donors (Lipinski definition) is 1. The number of aryl methyl sites for hydroxylation is 1. The third-order valence-electron chi connectivity index (χ3n) is 5.36. The fourth-order valence-electron chi connectivity index (χ4n) is 3.79. The van der Waals surface area contributed by atoms with E-state index in [0.29, 0.717) is 31.5 Å². The molecule has 0 aliphatic carbocycles. The molecule has 0 spiro atoms. The zero-order valence-electron chi connectivity index (χ0n) is 15.7. The van der Waals surface area contributed by atoms with Gasteiger partial charge in [-0.2, -0.15) is 0 Å². The Morgan fingerprint density at radius 1 is 1.07 bits per heavy atom. The van der Waals surface area contributed by atoms with E-state index in [1.807, 2.05) is 36.1 Å². The molecule has 1 atom stereocenters. The van der Waals surface area contributed by atoms with Gasteiger partial charge in [-0.3, -0.25) is 14.5 Å². The van der Waals surface area contributed by atoms with Gasteiger partial charge >= 0.3 is 5.97 Å². The van der Waals surface area contributed by atoms with Crippen molar-refractivity contribution in [2.45, 2.75) is 25.8 Å². The Bertz CT molecular complexity index is 807. The van der Waals surface area contributed by atoms with Gasteiger partial charge in [-0.15, -0.1) is 0 Å². The third-order valence-corrected chi connectivity index (χ3v) is 5.36. The van der Waals surface area contributed by atoms with Crippen LogP contribution in [0.25, 0.3) is 0 Å². The number of hydrogen-bond acceptors (Lipinski definition) is 4. The second kappa shape index (κ2) is 8.35. The highest BCUT2D eigenvalue weighted by Crippen LogP contribution is 2.30. The van der Waals surface area contributed by atoms with Gasteiger partial charge in [0.25, 0.3) is 0 Å². The average Bonchev–Trinajstić information content (AvgIpc) is 2.69. The number of benzene rings is 2. The fraction of sp³-hybridized carbons (Fsp3) is 0.364. The molecule has 1 aliphatic heterocycles. The van der Waals surface area contributed by atoms with Gasteiger partial charge in [-0.05, 0) is 68.2 Å². The second-order valence-corrected chi connectivity index (χ2v) is 7.00. The molecule has 27 heavy (non-hydrogen) atoms. The van der Waals surface area contributed by atoms with Gasteiger partial charge in [0, 0.05) is 11.5 Å². The van der Waals surface area contributed by atoms with Crippen LogP contribution in [0, 0.1) is 12.8 Å². The van der Waals surface area contributed by atoms with Crippen LogP contribution in [0.3, 0.4) is 0 Å². The van der Waals surface area contributed by atoms with Gasteiger partial charge in [0.2, 0.25) is 0 Å². The van der Waals surface area contributed by atoms with Crippen molar-refractivity contribution in [1.29, 1.82) is 0 Å². The molecular formula is C22H25NO4. The lowest BCUT2D eigenvalue weighted by atomic mass is 9.87. The summed E-state index contributed by atoms with van der Waals surface area (Å²) in [5, 5.41) is 9.79. The summed E-state index contributed by atoms with van der Waals surface area (Å²) in [6, 6.07) is 14.1. The Morgan fingerprint density at radius 3 is 2.26 bits per heavy atom. The molecule has 1 fully saturated rings. The number of carboxylic acid groups (broad SMARTS) is 1. The SMILES string of the molecule is COc1ccc(C(=O)C2CCN(C(C(=O)O)c3ccccc3C)CC2)cc1. The van der Waals surface area contributed by atoms with E-state index in [4.69, 9.17) is 4.74 Å². The molecule has 1 heterocycles. The number of piperidine rings is 1. The van der Waals surface area contributed by atoms with Crippen LogP contribution in [0.5, 0.6) is 5.75 Å². The zero-order valence-corrected chi connectivity index (χ0v) is 15.7. The molecule has 5 nitrogen and oxygen atoms in total. The number of Topliss-reactive ketones (excluding diaryl/α,β-unsaturated/α-hetero) is 1. The topological polar surface area (TPSA) is 66.8 Å². The van der Waals surface area contributed by atoms with Crippen molar-refractivity contribution in [3.8, 4) is 5.75 Å². The van der Waals surface area contributed by atoms with Gasteiger partial charge in [0.1, 0.15) is 11.8 Å². The molecule has 0 saturated carbocycles. The fourth-order valence-corrected chi connectivity index (χ4v) is 3.79. The normalized spacial score (nSPS) is 16.7. The highest BCUT2D eigenvalue weighted by atomic mass is 16.5. The van der Waals surface area contributed by atoms with E-state index in [1.165, 1.54) is 0 Å². The second-order valence-electron chi connectivity index (χ2n) is 7.00. The predicted octanol–water partition coefficient (Wildman–Crippen LogP) is 3.72. The maximum Gasteiger partial charge on any atom is 0.325 e. The third kappa shape index (κ3) is 4.19. The van der Waals surface area contributed by atoms with Crippen LogP contribution in [-0.4, -0.2) is 42.0 Å². The molecule has 3 rings (SSSR count). The van der Waals surface area contributed by atoms with Gasteiger partial charge in [0.05, 0.1) is 7.11 Å². The number of ketones is 1. The number of methoxy groups -OCH3 is 1. The Hall–Kier alpha value is -2.66. The largest absolute Gasteiger partial charge is 0.497 e. The summed E-state index contributed by atoms with van der Waals surface area (Å²) in [7, 11) is 1.60. The van der Waals surface area contributed by atoms with Crippen LogP contribution < -0.4 is 4.74 Å². The van der Waals surface area contributed by atoms with Crippen LogP contribution in [0.1, 0.15) is 40.4 Å². The molecule has 1 saturated heterocycles. The predicted molar refractivity (Wildman–Crippen MR) is 103 cm³/mol. The zero-order chi connectivity index (χ0) is 19.4. The lowest BCUT2D eigenvalue weighted by molar-refractivity contribution is -0.144. The maximum absolute atomic E-state index is 12.8. The van der Waals surface area contributed by atoms with Gasteiger partial charge in [0.15, 0.2) is 5.78 Å². The van der Waals surface area contributed by atoms with Crippen LogP contribution in [0.4, 0.5) is 0 Å². The van der Waals surface area contributed by atoms with E-state index in [2.05, 4.69) is 0 Å². The van der Waals surface area contributed by atoms with Crippen molar-refractivity contribution in [2.24, 2.45) is 5.92 Å². The molecule has 0 amide bonds. The molecule has 0 bridgehead atoms. The lowest BCUT2D eigenvalue weighted by Gasteiger charge is -2.35. The van der Waals surface area contributed by atoms with Crippen molar-refractivity contribution in [2.75, 3.05) is 20.2 Å². The van der Waals surface area contributed by atoms with Crippen LogP contribution in [-0.2, 0) is 4.79 Å². The van der Waals surface area contributed by atoms with E-state index >= 15 is 0 Å². The minimum absolute atomic E-state index is 0.0686. The minimum Gasteiger partial charge on any atom is -0.497 e. The Balaban J connectivity index is 1.69. The van der Waals surface area contributed by atoms with Crippen LogP contribution in [0.2, 0.25) is 0 Å². The van der Waals surface area contributed by atoms with Crippen molar-refractivity contribution in [1.82, 2.24) is 4.90 Å². The van der Waals surface area contributed by atoms with E-state index in [9.17, 15) is 14.7 Å². The number of carbonyl (C=O) groups is 2. The smallest absolute Gasteiger partial charge is 0.325 e.